The molecule has 2 aromatic heterocycles. The molecule has 0 saturated carbocycles. The predicted octanol–water partition coefficient (Wildman–Crippen LogP) is 4.99. The van der Waals surface area contributed by atoms with E-state index in [0.717, 1.165) is 5.56 Å². The number of halogens is 2. The van der Waals surface area contributed by atoms with Gasteiger partial charge in [0, 0.05) is 43.4 Å². The van der Waals surface area contributed by atoms with Crippen LogP contribution in [0.2, 0.25) is 10.0 Å². The number of ether oxygens (including phenoxy) is 1. The molecule has 0 aliphatic carbocycles. The van der Waals surface area contributed by atoms with Gasteiger partial charge >= 0.3 is 0 Å². The average molecular weight is 496 g/mol. The van der Waals surface area contributed by atoms with E-state index >= 15 is 0 Å². The van der Waals surface area contributed by atoms with Gasteiger partial charge in [-0.15, -0.1) is 0 Å². The summed E-state index contributed by atoms with van der Waals surface area (Å²) in [5, 5.41) is 9.94. The van der Waals surface area contributed by atoms with Crippen LogP contribution in [0.3, 0.4) is 0 Å². The Bertz CT molecular complexity index is 1260. The average Bonchev–Trinajstić information content (AvgIpc) is 3.27. The maximum absolute atomic E-state index is 13.4. The van der Waals surface area contributed by atoms with Crippen LogP contribution in [0.1, 0.15) is 45.8 Å². The third-order valence-corrected chi connectivity index (χ3v) is 6.87. The number of likely N-dealkylation sites (tertiary alicyclic amines) is 1. The molecule has 0 N–H and O–H groups in total. The van der Waals surface area contributed by atoms with Crippen molar-refractivity contribution in [3.63, 3.8) is 0 Å². The minimum absolute atomic E-state index is 0.0289. The lowest BCUT2D eigenvalue weighted by atomic mass is 9.86. The Hall–Kier alpha value is -3.21. The zero-order chi connectivity index (χ0) is 24.4. The quantitative estimate of drug-likeness (QED) is 0.494. The fourth-order valence-corrected chi connectivity index (χ4v) is 4.63. The van der Waals surface area contributed by atoms with Crippen molar-refractivity contribution >= 4 is 29.1 Å². The van der Waals surface area contributed by atoms with E-state index in [4.69, 9.17) is 33.2 Å². The van der Waals surface area contributed by atoms with Crippen molar-refractivity contribution in [1.82, 2.24) is 19.9 Å². The minimum Gasteiger partial charge on any atom is -0.474 e. The number of hydrogen-bond donors (Lipinski definition) is 0. The van der Waals surface area contributed by atoms with Gasteiger partial charge in [-0.1, -0.05) is 29.3 Å². The predicted molar refractivity (Wildman–Crippen MR) is 129 cm³/mol. The molecule has 9 heteroatoms. The van der Waals surface area contributed by atoms with E-state index in [0.29, 0.717) is 51.7 Å². The summed E-state index contributed by atoms with van der Waals surface area (Å²) in [6, 6.07) is 10.9. The molecule has 1 saturated heterocycles. The molecule has 3 atom stereocenters. The number of amides is 1. The summed E-state index contributed by atoms with van der Waals surface area (Å²) in [5.74, 6) is 0.865. The molecule has 3 aromatic rings. The Morgan fingerprint density at radius 3 is 2.59 bits per heavy atom. The van der Waals surface area contributed by atoms with Crippen LogP contribution < -0.4 is 4.74 Å². The van der Waals surface area contributed by atoms with E-state index < -0.39 is 0 Å². The maximum Gasteiger partial charge on any atom is 0.257 e. The summed E-state index contributed by atoms with van der Waals surface area (Å²) in [5.41, 5.74) is 2.58. The molecule has 1 unspecified atom stereocenters. The normalized spacial score (nSPS) is 18.4. The number of aromatic nitrogens is 3. The Labute approximate surface area is 208 Å². The van der Waals surface area contributed by atoms with Gasteiger partial charge in [-0.2, -0.15) is 5.26 Å². The van der Waals surface area contributed by atoms with E-state index in [1.165, 1.54) is 6.20 Å². The summed E-state index contributed by atoms with van der Waals surface area (Å²) in [7, 11) is 0. The van der Waals surface area contributed by atoms with Gasteiger partial charge in [0.05, 0.1) is 26.9 Å². The standard InChI is InChI=1S/C25H23Cl2N5O2/c1-14-19(11-29-16(3)31-14)25(33)32-12-20(15(2)34-24-7-4-17(9-28)10-30-24)21(13-32)18-5-6-22(26)23(27)8-18/h4-8,10-11,15,20-21H,12-13H2,1-3H3/t15-,20?,21+/m0/s1. The molecule has 34 heavy (non-hydrogen) atoms. The van der Waals surface area contributed by atoms with Gasteiger partial charge in [0.15, 0.2) is 0 Å². The van der Waals surface area contributed by atoms with Gasteiger partial charge < -0.3 is 9.64 Å². The number of benzene rings is 1. The second-order valence-corrected chi connectivity index (χ2v) is 9.20. The lowest BCUT2D eigenvalue weighted by molar-refractivity contribution is 0.0768. The third-order valence-electron chi connectivity index (χ3n) is 6.13. The van der Waals surface area contributed by atoms with E-state index in [1.807, 2.05) is 36.9 Å². The highest BCUT2D eigenvalue weighted by atomic mass is 35.5. The van der Waals surface area contributed by atoms with Gasteiger partial charge in [-0.3, -0.25) is 4.79 Å². The molecule has 4 rings (SSSR count). The Morgan fingerprint density at radius 2 is 1.94 bits per heavy atom. The summed E-state index contributed by atoms with van der Waals surface area (Å²) >= 11 is 12.5. The molecule has 0 bridgehead atoms. The molecule has 1 fully saturated rings. The number of carbonyl (C=O) groups is 1. The second-order valence-electron chi connectivity index (χ2n) is 8.39. The highest BCUT2D eigenvalue weighted by molar-refractivity contribution is 6.42. The van der Waals surface area contributed by atoms with E-state index in [2.05, 4.69) is 15.0 Å². The Morgan fingerprint density at radius 1 is 1.15 bits per heavy atom. The topological polar surface area (TPSA) is 92.0 Å². The van der Waals surface area contributed by atoms with Crippen molar-refractivity contribution in [2.75, 3.05) is 13.1 Å². The molecule has 1 aliphatic rings. The van der Waals surface area contributed by atoms with Gasteiger partial charge in [0.25, 0.3) is 5.91 Å². The lowest BCUT2D eigenvalue weighted by Gasteiger charge is -2.25. The summed E-state index contributed by atoms with van der Waals surface area (Å²) in [4.78, 5) is 28.0. The zero-order valence-corrected chi connectivity index (χ0v) is 20.5. The van der Waals surface area contributed by atoms with Crippen LogP contribution in [0.25, 0.3) is 0 Å². The lowest BCUT2D eigenvalue weighted by Crippen LogP contribution is -2.33. The fraction of sp³-hybridized carbons (Fsp3) is 0.320. The fourth-order valence-electron chi connectivity index (χ4n) is 4.32. The van der Waals surface area contributed by atoms with Gasteiger partial charge in [-0.05, 0) is 44.5 Å². The Balaban J connectivity index is 1.62. The molecule has 1 amide bonds. The molecule has 0 radical (unpaired) electrons. The van der Waals surface area contributed by atoms with Crippen molar-refractivity contribution in [1.29, 1.82) is 5.26 Å². The molecule has 7 nitrogen and oxygen atoms in total. The molecule has 1 aromatic carbocycles. The van der Waals surface area contributed by atoms with Crippen LogP contribution in [0.5, 0.6) is 5.88 Å². The zero-order valence-electron chi connectivity index (χ0n) is 19.0. The largest absolute Gasteiger partial charge is 0.474 e. The van der Waals surface area contributed by atoms with Crippen molar-refractivity contribution in [3.8, 4) is 11.9 Å². The first-order valence-electron chi connectivity index (χ1n) is 10.8. The minimum atomic E-state index is -0.270. The van der Waals surface area contributed by atoms with E-state index in [1.54, 1.807) is 31.3 Å². The van der Waals surface area contributed by atoms with Crippen molar-refractivity contribution in [3.05, 3.63) is 81.0 Å². The number of pyridine rings is 1. The van der Waals surface area contributed by atoms with Crippen molar-refractivity contribution in [2.45, 2.75) is 32.8 Å². The SMILES string of the molecule is Cc1ncc(C(=O)N2CC([C@H](C)Oc3ccc(C#N)cn3)[C@@H](c3ccc(Cl)c(Cl)c3)C2)c(C)n1. The highest BCUT2D eigenvalue weighted by Gasteiger charge is 2.41. The number of carbonyl (C=O) groups excluding carboxylic acids is 1. The third kappa shape index (κ3) is 4.98. The summed E-state index contributed by atoms with van der Waals surface area (Å²) in [6.45, 7) is 6.54. The molecule has 3 heterocycles. The van der Waals surface area contributed by atoms with Crippen LogP contribution in [-0.2, 0) is 0 Å². The number of nitrogens with zero attached hydrogens (tertiary/aromatic N) is 5. The first-order valence-corrected chi connectivity index (χ1v) is 11.6. The first kappa shape index (κ1) is 23.9. The molecular weight excluding hydrogens is 473 g/mol. The monoisotopic (exact) mass is 495 g/mol. The summed E-state index contributed by atoms with van der Waals surface area (Å²) in [6.07, 6.45) is 2.79. The van der Waals surface area contributed by atoms with Gasteiger partial charge in [0.2, 0.25) is 5.88 Å². The van der Waals surface area contributed by atoms with Gasteiger partial charge in [0.1, 0.15) is 18.0 Å². The molecular formula is C25H23Cl2N5O2. The molecule has 1 aliphatic heterocycles. The first-order chi connectivity index (χ1) is 16.3. The van der Waals surface area contributed by atoms with Crippen LogP contribution in [0.4, 0.5) is 0 Å². The second kappa shape index (κ2) is 9.96. The van der Waals surface area contributed by atoms with Crippen LogP contribution in [0.15, 0.2) is 42.7 Å². The highest BCUT2D eigenvalue weighted by Crippen LogP contribution is 2.38. The Kier molecular flexibility index (Phi) is 7.01. The number of rotatable bonds is 5. The summed E-state index contributed by atoms with van der Waals surface area (Å²) < 4.78 is 6.13. The number of aryl methyl sites for hydroxylation is 2. The van der Waals surface area contributed by atoms with E-state index in [-0.39, 0.29) is 23.8 Å². The van der Waals surface area contributed by atoms with Crippen LogP contribution in [-0.4, -0.2) is 45.0 Å². The van der Waals surface area contributed by atoms with Crippen molar-refractivity contribution in [2.24, 2.45) is 5.92 Å². The van der Waals surface area contributed by atoms with Gasteiger partial charge in [-0.25, -0.2) is 15.0 Å². The smallest absolute Gasteiger partial charge is 0.257 e. The maximum atomic E-state index is 13.4. The van der Waals surface area contributed by atoms with Crippen molar-refractivity contribution < 1.29 is 9.53 Å². The number of hydrogen-bond acceptors (Lipinski definition) is 6. The van der Waals surface area contributed by atoms with Crippen LogP contribution in [0, 0.1) is 31.1 Å². The van der Waals surface area contributed by atoms with Crippen LogP contribution >= 0.6 is 23.2 Å². The molecule has 174 valence electrons. The number of nitriles is 1. The molecule has 0 spiro atoms. The van der Waals surface area contributed by atoms with E-state index in [9.17, 15) is 4.79 Å².